The Morgan fingerprint density at radius 3 is 2.73 bits per heavy atom. The summed E-state index contributed by atoms with van der Waals surface area (Å²) in [6, 6.07) is 3.56. The molecule has 1 fully saturated rings. The van der Waals surface area contributed by atoms with E-state index in [0.717, 1.165) is 6.07 Å². The van der Waals surface area contributed by atoms with Gasteiger partial charge in [-0.05, 0) is 18.2 Å². The van der Waals surface area contributed by atoms with Crippen molar-refractivity contribution in [2.45, 2.75) is 6.10 Å². The molecule has 1 heterocycles. The summed E-state index contributed by atoms with van der Waals surface area (Å²) >= 11 is 0. The summed E-state index contributed by atoms with van der Waals surface area (Å²) in [5.41, 5.74) is -0.0929. The zero-order valence-electron chi connectivity index (χ0n) is 7.77. The van der Waals surface area contributed by atoms with Gasteiger partial charge in [-0.1, -0.05) is 0 Å². The van der Waals surface area contributed by atoms with Gasteiger partial charge in [-0.25, -0.2) is 9.18 Å². The lowest BCUT2D eigenvalue weighted by molar-refractivity contribution is -0.0808. The third kappa shape index (κ3) is 2.07. The number of aromatic carboxylic acids is 1. The summed E-state index contributed by atoms with van der Waals surface area (Å²) in [5.74, 6) is -1.76. The number of carbonyl (C=O) groups is 1. The highest BCUT2D eigenvalue weighted by Crippen LogP contribution is 2.21. The van der Waals surface area contributed by atoms with Gasteiger partial charge in [0.1, 0.15) is 6.10 Å². The number of hydrogen-bond donors (Lipinski definition) is 1. The summed E-state index contributed by atoms with van der Waals surface area (Å²) in [5, 5.41) is 8.61. The van der Waals surface area contributed by atoms with Crippen LogP contribution in [0.4, 0.5) is 4.39 Å². The van der Waals surface area contributed by atoms with Crippen LogP contribution in [-0.2, 0) is 4.74 Å². The fourth-order valence-corrected chi connectivity index (χ4v) is 1.19. The first kappa shape index (κ1) is 9.92. The third-order valence-electron chi connectivity index (χ3n) is 2.08. The topological polar surface area (TPSA) is 55.8 Å². The van der Waals surface area contributed by atoms with E-state index in [1.54, 1.807) is 0 Å². The highest BCUT2D eigenvalue weighted by atomic mass is 19.1. The number of carboxylic acid groups (broad SMARTS) is 1. The van der Waals surface area contributed by atoms with Gasteiger partial charge in [0.15, 0.2) is 11.6 Å². The molecular weight excluding hydrogens is 203 g/mol. The number of hydrogen-bond acceptors (Lipinski definition) is 3. The number of benzene rings is 1. The van der Waals surface area contributed by atoms with Gasteiger partial charge in [0, 0.05) is 0 Å². The van der Waals surface area contributed by atoms with E-state index in [0.29, 0.717) is 13.2 Å². The lowest BCUT2D eigenvalue weighted by atomic mass is 10.2. The molecule has 1 saturated heterocycles. The Labute approximate surface area is 85.2 Å². The maximum atomic E-state index is 13.3. The predicted molar refractivity (Wildman–Crippen MR) is 48.6 cm³/mol. The molecule has 0 radical (unpaired) electrons. The van der Waals surface area contributed by atoms with Gasteiger partial charge in [-0.3, -0.25) is 0 Å². The molecule has 1 aromatic carbocycles. The van der Waals surface area contributed by atoms with Crippen molar-refractivity contribution >= 4 is 5.97 Å². The number of rotatable bonds is 3. The van der Waals surface area contributed by atoms with Crippen molar-refractivity contribution in [1.29, 1.82) is 0 Å². The molecule has 80 valence electrons. The van der Waals surface area contributed by atoms with E-state index in [4.69, 9.17) is 14.6 Å². The van der Waals surface area contributed by atoms with Gasteiger partial charge in [0.2, 0.25) is 0 Å². The second kappa shape index (κ2) is 3.86. The molecule has 1 aromatic rings. The zero-order chi connectivity index (χ0) is 10.8. The molecule has 0 aliphatic carbocycles. The maximum absolute atomic E-state index is 13.3. The number of halogens is 1. The summed E-state index contributed by atoms with van der Waals surface area (Å²) in [6.45, 7) is 0.889. The van der Waals surface area contributed by atoms with Crippen molar-refractivity contribution in [3.05, 3.63) is 29.6 Å². The van der Waals surface area contributed by atoms with Crippen LogP contribution in [0.25, 0.3) is 0 Å². The molecule has 1 N–H and O–H groups in total. The molecule has 1 aliphatic rings. The Kier molecular flexibility index (Phi) is 2.55. The smallest absolute Gasteiger partial charge is 0.335 e. The van der Waals surface area contributed by atoms with Gasteiger partial charge < -0.3 is 14.6 Å². The average Bonchev–Trinajstić information content (AvgIpc) is 2.12. The van der Waals surface area contributed by atoms with E-state index >= 15 is 0 Å². The van der Waals surface area contributed by atoms with Crippen LogP contribution in [0.3, 0.4) is 0 Å². The molecule has 1 aliphatic heterocycles. The van der Waals surface area contributed by atoms with E-state index in [9.17, 15) is 9.18 Å². The first-order valence-electron chi connectivity index (χ1n) is 4.44. The Bertz CT molecular complexity index is 387. The number of ether oxygens (including phenoxy) is 2. The summed E-state index contributed by atoms with van der Waals surface area (Å²) in [6.07, 6.45) is -0.129. The number of carboxylic acids is 1. The summed E-state index contributed by atoms with van der Waals surface area (Å²) < 4.78 is 23.4. The van der Waals surface area contributed by atoms with Gasteiger partial charge in [-0.2, -0.15) is 0 Å². The average molecular weight is 212 g/mol. The van der Waals surface area contributed by atoms with E-state index in [-0.39, 0.29) is 17.4 Å². The minimum Gasteiger partial charge on any atom is -0.483 e. The lowest BCUT2D eigenvalue weighted by Gasteiger charge is -2.26. The molecule has 0 unspecified atom stereocenters. The largest absolute Gasteiger partial charge is 0.483 e. The molecule has 2 rings (SSSR count). The minimum atomic E-state index is -1.16. The van der Waals surface area contributed by atoms with Gasteiger partial charge in [0.25, 0.3) is 0 Å². The summed E-state index contributed by atoms with van der Waals surface area (Å²) in [4.78, 5) is 10.5. The molecule has 0 saturated carbocycles. The Morgan fingerprint density at radius 1 is 1.53 bits per heavy atom. The monoisotopic (exact) mass is 212 g/mol. The van der Waals surface area contributed by atoms with Crippen LogP contribution in [0.5, 0.6) is 5.75 Å². The molecule has 0 amide bonds. The summed E-state index contributed by atoms with van der Waals surface area (Å²) in [7, 11) is 0. The fourth-order valence-electron chi connectivity index (χ4n) is 1.19. The zero-order valence-corrected chi connectivity index (χ0v) is 7.77. The highest BCUT2D eigenvalue weighted by Gasteiger charge is 2.21. The second-order valence-corrected chi connectivity index (χ2v) is 3.23. The Hall–Kier alpha value is -1.62. The van der Waals surface area contributed by atoms with Gasteiger partial charge in [-0.15, -0.1) is 0 Å². The van der Waals surface area contributed by atoms with Crippen molar-refractivity contribution in [1.82, 2.24) is 0 Å². The standard InChI is InChI=1S/C10H9FO4/c11-8-3-6(10(12)13)1-2-9(8)15-7-4-14-5-7/h1-3,7H,4-5H2,(H,12,13). The minimum absolute atomic E-state index is 0.0632. The van der Waals surface area contributed by atoms with Crippen LogP contribution in [0.1, 0.15) is 10.4 Å². The Balaban J connectivity index is 2.14. The normalized spacial score (nSPS) is 15.8. The molecule has 5 heteroatoms. The molecule has 4 nitrogen and oxygen atoms in total. The van der Waals surface area contributed by atoms with E-state index in [1.807, 2.05) is 0 Å². The maximum Gasteiger partial charge on any atom is 0.335 e. The Morgan fingerprint density at radius 2 is 2.27 bits per heavy atom. The van der Waals surface area contributed by atoms with Crippen LogP contribution in [0.15, 0.2) is 18.2 Å². The van der Waals surface area contributed by atoms with Crippen molar-refractivity contribution in [2.75, 3.05) is 13.2 Å². The molecule has 0 bridgehead atoms. The third-order valence-corrected chi connectivity index (χ3v) is 2.08. The van der Waals surface area contributed by atoms with Crippen molar-refractivity contribution in [2.24, 2.45) is 0 Å². The second-order valence-electron chi connectivity index (χ2n) is 3.23. The highest BCUT2D eigenvalue weighted by molar-refractivity contribution is 5.87. The predicted octanol–water partition coefficient (Wildman–Crippen LogP) is 1.30. The lowest BCUT2D eigenvalue weighted by Crippen LogP contribution is -2.38. The van der Waals surface area contributed by atoms with Gasteiger partial charge in [0.05, 0.1) is 18.8 Å². The molecule has 0 atom stereocenters. The van der Waals surface area contributed by atoms with Crippen molar-refractivity contribution < 1.29 is 23.8 Å². The van der Waals surface area contributed by atoms with E-state index < -0.39 is 11.8 Å². The van der Waals surface area contributed by atoms with Crippen LogP contribution in [0.2, 0.25) is 0 Å². The molecular formula is C10H9FO4. The van der Waals surface area contributed by atoms with Crippen LogP contribution in [0, 0.1) is 5.82 Å². The van der Waals surface area contributed by atoms with E-state index in [2.05, 4.69) is 0 Å². The van der Waals surface area contributed by atoms with Crippen molar-refractivity contribution in [3.63, 3.8) is 0 Å². The quantitative estimate of drug-likeness (QED) is 0.820. The fraction of sp³-hybridized carbons (Fsp3) is 0.300. The van der Waals surface area contributed by atoms with Crippen LogP contribution >= 0.6 is 0 Å². The first-order chi connectivity index (χ1) is 7.16. The molecule has 15 heavy (non-hydrogen) atoms. The van der Waals surface area contributed by atoms with Crippen LogP contribution in [-0.4, -0.2) is 30.4 Å². The van der Waals surface area contributed by atoms with Crippen molar-refractivity contribution in [3.8, 4) is 5.75 Å². The first-order valence-corrected chi connectivity index (χ1v) is 4.44. The SMILES string of the molecule is O=C(O)c1ccc(OC2COC2)c(F)c1. The molecule has 0 aromatic heterocycles. The molecule has 0 spiro atoms. The van der Waals surface area contributed by atoms with Crippen LogP contribution < -0.4 is 4.74 Å². The van der Waals surface area contributed by atoms with Gasteiger partial charge >= 0.3 is 5.97 Å². The van der Waals surface area contributed by atoms with E-state index in [1.165, 1.54) is 12.1 Å².